The summed E-state index contributed by atoms with van der Waals surface area (Å²) >= 11 is 1.70. The molecule has 1 heterocycles. The first-order valence-corrected chi connectivity index (χ1v) is 8.28. The summed E-state index contributed by atoms with van der Waals surface area (Å²) in [6, 6.07) is 6.54. The van der Waals surface area contributed by atoms with E-state index >= 15 is 0 Å². The molecule has 132 valence electrons. The highest BCUT2D eigenvalue weighted by Crippen LogP contribution is 2.18. The molecule has 0 radical (unpaired) electrons. The Bertz CT molecular complexity index is 635. The fourth-order valence-corrected chi connectivity index (χ4v) is 2.65. The molecule has 2 N–H and O–H groups in total. The predicted octanol–water partition coefficient (Wildman–Crippen LogP) is 2.98. The lowest BCUT2D eigenvalue weighted by atomic mass is 10.4. The van der Waals surface area contributed by atoms with Crippen LogP contribution in [-0.4, -0.2) is 35.4 Å². The molecule has 2 rings (SSSR count). The van der Waals surface area contributed by atoms with Gasteiger partial charge >= 0.3 is 0 Å². The van der Waals surface area contributed by atoms with Crippen LogP contribution in [0.1, 0.15) is 18.1 Å². The number of nitrogens with one attached hydrogen (secondary N) is 2. The Hall–Kier alpha value is -1.36. The number of aryl methyl sites for hydroxylation is 1. The van der Waals surface area contributed by atoms with Gasteiger partial charge < -0.3 is 15.2 Å². The van der Waals surface area contributed by atoms with E-state index in [0.717, 1.165) is 23.6 Å². The van der Waals surface area contributed by atoms with Crippen molar-refractivity contribution in [1.82, 2.24) is 20.8 Å². The summed E-state index contributed by atoms with van der Waals surface area (Å²) in [7, 11) is 1.71. The number of aromatic nitrogens is 2. The Morgan fingerprint density at radius 2 is 2.04 bits per heavy atom. The van der Waals surface area contributed by atoms with Gasteiger partial charge in [0.05, 0.1) is 6.54 Å². The van der Waals surface area contributed by atoms with E-state index in [9.17, 15) is 4.39 Å². The van der Waals surface area contributed by atoms with Crippen LogP contribution in [0.4, 0.5) is 4.39 Å². The lowest BCUT2D eigenvalue weighted by Gasteiger charge is -2.10. The van der Waals surface area contributed by atoms with Crippen molar-refractivity contribution in [2.75, 3.05) is 19.3 Å². The highest BCUT2D eigenvalue weighted by Gasteiger charge is 2.03. The van der Waals surface area contributed by atoms with Crippen LogP contribution in [0, 0.1) is 12.7 Å². The summed E-state index contributed by atoms with van der Waals surface area (Å²) in [6.45, 7) is 3.00. The number of halogens is 2. The summed E-state index contributed by atoms with van der Waals surface area (Å²) in [6.07, 6.45) is 0.962. The first-order chi connectivity index (χ1) is 11.2. The van der Waals surface area contributed by atoms with Gasteiger partial charge in [0.15, 0.2) is 11.8 Å². The molecule has 0 aliphatic carbocycles. The fourth-order valence-electron chi connectivity index (χ4n) is 1.80. The average molecular weight is 465 g/mol. The molecule has 9 heteroatoms. The van der Waals surface area contributed by atoms with E-state index in [1.165, 1.54) is 12.1 Å². The third-order valence-corrected chi connectivity index (χ3v) is 4.00. The Labute approximate surface area is 162 Å². The van der Waals surface area contributed by atoms with E-state index in [1.807, 2.05) is 0 Å². The molecular formula is C15H21FIN5OS. The number of hydrogen-bond donors (Lipinski definition) is 2. The highest BCUT2D eigenvalue weighted by molar-refractivity contribution is 14.0. The van der Waals surface area contributed by atoms with Crippen LogP contribution < -0.4 is 10.6 Å². The van der Waals surface area contributed by atoms with Gasteiger partial charge in [-0.3, -0.25) is 4.99 Å². The van der Waals surface area contributed by atoms with Crippen molar-refractivity contribution < 1.29 is 8.91 Å². The Morgan fingerprint density at radius 3 is 2.67 bits per heavy atom. The molecular weight excluding hydrogens is 444 g/mol. The molecule has 2 aromatic rings. The fraction of sp³-hybridized carbons (Fsp3) is 0.400. The summed E-state index contributed by atoms with van der Waals surface area (Å²) in [5.41, 5.74) is 0. The number of nitrogens with zero attached hydrogens (tertiary/aromatic N) is 3. The van der Waals surface area contributed by atoms with E-state index < -0.39 is 0 Å². The van der Waals surface area contributed by atoms with Crippen LogP contribution in [0.25, 0.3) is 0 Å². The molecule has 0 unspecified atom stereocenters. The second-order valence-corrected chi connectivity index (χ2v) is 5.91. The van der Waals surface area contributed by atoms with Crippen LogP contribution in [0.15, 0.2) is 38.7 Å². The second kappa shape index (κ2) is 11.2. The minimum Gasteiger partial charge on any atom is -0.356 e. The van der Waals surface area contributed by atoms with E-state index in [0.29, 0.717) is 24.2 Å². The summed E-state index contributed by atoms with van der Waals surface area (Å²) in [4.78, 5) is 9.32. The molecule has 1 aromatic heterocycles. The van der Waals surface area contributed by atoms with Crippen molar-refractivity contribution in [3.63, 3.8) is 0 Å². The average Bonchev–Trinajstić information content (AvgIpc) is 2.97. The van der Waals surface area contributed by atoms with Gasteiger partial charge in [-0.25, -0.2) is 4.39 Å². The Kier molecular flexibility index (Phi) is 9.69. The van der Waals surface area contributed by atoms with Crippen molar-refractivity contribution in [1.29, 1.82) is 0 Å². The normalized spacial score (nSPS) is 11.0. The maximum atomic E-state index is 12.8. The third kappa shape index (κ3) is 7.47. The third-order valence-electron chi connectivity index (χ3n) is 2.90. The number of rotatable bonds is 7. The lowest BCUT2D eigenvalue weighted by Crippen LogP contribution is -2.37. The second-order valence-electron chi connectivity index (χ2n) is 4.74. The minimum atomic E-state index is -0.206. The standard InChI is InChI=1S/C15H20FN5OS.HI/c1-11-20-14(21-22-11)10-19-15(17-2)18-8-3-9-23-13-6-4-12(16)5-7-13;/h4-7H,3,8-10H2,1-2H3,(H2,17,18,19);1H. The molecule has 24 heavy (non-hydrogen) atoms. The Balaban J connectivity index is 0.00000288. The molecule has 0 fully saturated rings. The zero-order chi connectivity index (χ0) is 16.5. The van der Waals surface area contributed by atoms with Crippen LogP contribution in [0.3, 0.4) is 0 Å². The van der Waals surface area contributed by atoms with Gasteiger partial charge in [-0.15, -0.1) is 35.7 Å². The molecule has 0 spiro atoms. The summed E-state index contributed by atoms with van der Waals surface area (Å²) in [5, 5.41) is 10.2. The van der Waals surface area contributed by atoms with Gasteiger partial charge in [0.2, 0.25) is 5.89 Å². The molecule has 1 aromatic carbocycles. The topological polar surface area (TPSA) is 75.3 Å². The largest absolute Gasteiger partial charge is 0.356 e. The maximum Gasteiger partial charge on any atom is 0.223 e. The monoisotopic (exact) mass is 465 g/mol. The van der Waals surface area contributed by atoms with Crippen molar-refractivity contribution in [3.8, 4) is 0 Å². The van der Waals surface area contributed by atoms with E-state index in [4.69, 9.17) is 4.52 Å². The molecule has 6 nitrogen and oxygen atoms in total. The van der Waals surface area contributed by atoms with Gasteiger partial charge in [-0.2, -0.15) is 4.98 Å². The van der Waals surface area contributed by atoms with Gasteiger partial charge in [0.25, 0.3) is 0 Å². The first-order valence-electron chi connectivity index (χ1n) is 7.29. The maximum absolute atomic E-state index is 12.8. The van der Waals surface area contributed by atoms with Crippen LogP contribution in [0.5, 0.6) is 0 Å². The van der Waals surface area contributed by atoms with Gasteiger partial charge in [0.1, 0.15) is 5.82 Å². The van der Waals surface area contributed by atoms with Gasteiger partial charge in [-0.1, -0.05) is 5.16 Å². The van der Waals surface area contributed by atoms with Crippen molar-refractivity contribution in [3.05, 3.63) is 41.8 Å². The van der Waals surface area contributed by atoms with Crippen LogP contribution in [0.2, 0.25) is 0 Å². The zero-order valence-electron chi connectivity index (χ0n) is 13.6. The van der Waals surface area contributed by atoms with E-state index in [-0.39, 0.29) is 29.8 Å². The predicted molar refractivity (Wildman–Crippen MR) is 104 cm³/mol. The first kappa shape index (κ1) is 20.7. The van der Waals surface area contributed by atoms with Crippen molar-refractivity contribution >= 4 is 41.7 Å². The van der Waals surface area contributed by atoms with E-state index in [1.54, 1.807) is 37.9 Å². The molecule has 0 atom stereocenters. The quantitative estimate of drug-likeness (QED) is 0.215. The lowest BCUT2D eigenvalue weighted by molar-refractivity contribution is 0.387. The molecule has 0 saturated heterocycles. The number of thioether (sulfide) groups is 1. The Morgan fingerprint density at radius 1 is 1.29 bits per heavy atom. The summed E-state index contributed by atoms with van der Waals surface area (Å²) < 4.78 is 17.7. The van der Waals surface area contributed by atoms with Crippen molar-refractivity contribution in [2.45, 2.75) is 24.8 Å². The number of benzene rings is 1. The molecule has 0 saturated carbocycles. The molecule has 0 aliphatic heterocycles. The zero-order valence-corrected chi connectivity index (χ0v) is 16.7. The molecule has 0 amide bonds. The SMILES string of the molecule is CN=C(NCCCSc1ccc(F)cc1)NCc1noc(C)n1.I. The van der Waals surface area contributed by atoms with Crippen LogP contribution in [-0.2, 0) is 6.54 Å². The molecule has 0 aliphatic rings. The van der Waals surface area contributed by atoms with Gasteiger partial charge in [-0.05, 0) is 36.4 Å². The minimum absolute atomic E-state index is 0. The van der Waals surface area contributed by atoms with Crippen LogP contribution >= 0.6 is 35.7 Å². The number of guanidine groups is 1. The van der Waals surface area contributed by atoms with E-state index in [2.05, 4.69) is 25.8 Å². The van der Waals surface area contributed by atoms with Crippen molar-refractivity contribution in [2.24, 2.45) is 4.99 Å². The number of hydrogen-bond acceptors (Lipinski definition) is 5. The number of aliphatic imine (C=N–C) groups is 1. The highest BCUT2D eigenvalue weighted by atomic mass is 127. The van der Waals surface area contributed by atoms with Gasteiger partial charge in [0, 0.05) is 25.4 Å². The molecule has 0 bridgehead atoms. The summed E-state index contributed by atoms with van der Waals surface area (Å²) in [5.74, 6) is 2.57. The smallest absolute Gasteiger partial charge is 0.223 e.